The molecule has 1 fully saturated rings. The topological polar surface area (TPSA) is 17.1 Å². The van der Waals surface area contributed by atoms with Crippen molar-refractivity contribution in [2.24, 2.45) is 0 Å². The van der Waals surface area contributed by atoms with Crippen molar-refractivity contribution in [2.45, 2.75) is 0 Å². The zero-order valence-electron chi connectivity index (χ0n) is 15.9. The summed E-state index contributed by atoms with van der Waals surface area (Å²) in [6, 6.07) is 30.9. The molecule has 0 spiro atoms. The van der Waals surface area contributed by atoms with E-state index < -0.39 is 0 Å². The van der Waals surface area contributed by atoms with Crippen molar-refractivity contribution in [3.8, 4) is 22.3 Å². The van der Waals surface area contributed by atoms with Crippen molar-refractivity contribution >= 4 is 16.6 Å². The number of carbonyl (C=O) groups is 1. The fourth-order valence-electron chi connectivity index (χ4n) is 4.01. The summed E-state index contributed by atoms with van der Waals surface area (Å²) in [5, 5.41) is 2.24. The molecule has 0 N–H and O–H groups in total. The molecule has 0 heterocycles. The van der Waals surface area contributed by atoms with Gasteiger partial charge in [0.2, 0.25) is 0 Å². The molecule has 0 atom stereocenters. The number of benzene rings is 4. The van der Waals surface area contributed by atoms with Gasteiger partial charge in [0.1, 0.15) is 0 Å². The van der Waals surface area contributed by atoms with Gasteiger partial charge in [0.05, 0.1) is 5.92 Å². The molecule has 0 amide bonds. The lowest BCUT2D eigenvalue weighted by Crippen LogP contribution is -2.12. The van der Waals surface area contributed by atoms with Gasteiger partial charge in [0.25, 0.3) is 0 Å². The zero-order valence-corrected chi connectivity index (χ0v) is 15.9. The summed E-state index contributed by atoms with van der Waals surface area (Å²) in [5.74, 6) is 0.772. The van der Waals surface area contributed by atoms with Crippen molar-refractivity contribution in [3.05, 3.63) is 128 Å². The lowest BCUT2D eigenvalue weighted by Gasteiger charge is -2.18. The SMILES string of the molecule is O=C([C]1[CH][CH][CH][CH]1)c1cc(-c2ccccc2)c2ccccc2c1-c1ccccc1. The fraction of sp³-hybridized carbons (Fsp3) is 0. The van der Waals surface area contributed by atoms with Gasteiger partial charge in [-0.05, 0) is 59.2 Å². The Morgan fingerprint density at radius 2 is 1.14 bits per heavy atom. The van der Waals surface area contributed by atoms with E-state index in [1.54, 1.807) is 0 Å². The first-order valence-corrected chi connectivity index (χ1v) is 9.76. The van der Waals surface area contributed by atoms with Gasteiger partial charge in [-0.2, -0.15) is 0 Å². The zero-order chi connectivity index (χ0) is 19.6. The van der Waals surface area contributed by atoms with E-state index in [0.29, 0.717) is 0 Å². The first-order chi connectivity index (χ1) is 14.3. The third-order valence-electron chi connectivity index (χ3n) is 5.36. The molecule has 0 saturated heterocycles. The molecule has 1 nitrogen and oxygen atoms in total. The Hall–Kier alpha value is -3.19. The molecule has 4 aromatic carbocycles. The monoisotopic (exact) mass is 371 g/mol. The van der Waals surface area contributed by atoms with Crippen LogP contribution in [0.5, 0.6) is 0 Å². The lowest BCUT2D eigenvalue weighted by molar-refractivity contribution is 0.102. The van der Waals surface area contributed by atoms with E-state index in [1.807, 2.05) is 68.1 Å². The minimum atomic E-state index is 0.0526. The van der Waals surface area contributed by atoms with Crippen LogP contribution in [0.2, 0.25) is 0 Å². The largest absolute Gasteiger partial charge is 0.293 e. The van der Waals surface area contributed by atoms with E-state index in [0.717, 1.165) is 44.5 Å². The minimum Gasteiger partial charge on any atom is -0.293 e. The molecule has 1 heteroatoms. The van der Waals surface area contributed by atoms with E-state index >= 15 is 0 Å². The van der Waals surface area contributed by atoms with Crippen molar-refractivity contribution in [3.63, 3.8) is 0 Å². The molecule has 0 bridgehead atoms. The summed E-state index contributed by atoms with van der Waals surface area (Å²) in [7, 11) is 0. The molecule has 0 aromatic heterocycles. The number of rotatable bonds is 4. The molecule has 4 aromatic rings. The van der Waals surface area contributed by atoms with E-state index in [1.165, 1.54) is 0 Å². The standard InChI is InChI=1S/C28H19O/c29-28(22-15-7-8-16-22)26-19-25(20-11-3-1-4-12-20)23-17-9-10-18-24(23)27(26)21-13-5-2-6-14-21/h1-19H. The lowest BCUT2D eigenvalue weighted by atomic mass is 9.84. The van der Waals surface area contributed by atoms with Crippen LogP contribution >= 0.6 is 0 Å². The molecule has 29 heavy (non-hydrogen) atoms. The maximum atomic E-state index is 13.5. The molecule has 5 rings (SSSR count). The maximum Gasteiger partial charge on any atom is 0.171 e. The maximum absolute atomic E-state index is 13.5. The summed E-state index contributed by atoms with van der Waals surface area (Å²) in [4.78, 5) is 13.5. The Labute approximate surface area is 172 Å². The summed E-state index contributed by atoms with van der Waals surface area (Å²) in [5.41, 5.74) is 4.97. The van der Waals surface area contributed by atoms with Crippen molar-refractivity contribution in [1.82, 2.24) is 0 Å². The molecule has 1 aliphatic carbocycles. The predicted octanol–water partition coefficient (Wildman–Crippen LogP) is 6.76. The molecule has 0 aliphatic heterocycles. The quantitative estimate of drug-likeness (QED) is 0.362. The Bertz CT molecular complexity index is 1150. The van der Waals surface area contributed by atoms with E-state index in [-0.39, 0.29) is 5.78 Å². The highest BCUT2D eigenvalue weighted by atomic mass is 16.1. The summed E-state index contributed by atoms with van der Waals surface area (Å²) in [6.45, 7) is 0. The molecule has 5 radical (unpaired) electrons. The smallest absolute Gasteiger partial charge is 0.171 e. The van der Waals surface area contributed by atoms with Crippen LogP contribution in [-0.4, -0.2) is 5.78 Å². The van der Waals surface area contributed by atoms with Crippen molar-refractivity contribution < 1.29 is 4.79 Å². The second-order valence-electron chi connectivity index (χ2n) is 7.13. The summed E-state index contributed by atoms with van der Waals surface area (Å²) >= 11 is 0. The summed E-state index contributed by atoms with van der Waals surface area (Å²) in [6.07, 6.45) is 7.59. The molecule has 1 saturated carbocycles. The highest BCUT2D eigenvalue weighted by molar-refractivity contribution is 6.20. The Morgan fingerprint density at radius 3 is 1.79 bits per heavy atom. The number of ketones is 1. The average molecular weight is 371 g/mol. The number of hydrogen-bond donors (Lipinski definition) is 0. The van der Waals surface area contributed by atoms with E-state index in [2.05, 4.69) is 48.5 Å². The van der Waals surface area contributed by atoms with Gasteiger partial charge in [-0.15, -0.1) is 0 Å². The second kappa shape index (κ2) is 7.67. The van der Waals surface area contributed by atoms with Crippen LogP contribution in [0.15, 0.2) is 91.0 Å². The highest BCUT2D eigenvalue weighted by Crippen LogP contribution is 2.40. The van der Waals surface area contributed by atoms with Gasteiger partial charge in [-0.1, -0.05) is 84.9 Å². The van der Waals surface area contributed by atoms with Crippen molar-refractivity contribution in [1.29, 1.82) is 0 Å². The van der Waals surface area contributed by atoms with E-state index in [4.69, 9.17) is 0 Å². The van der Waals surface area contributed by atoms with Crippen LogP contribution in [0.25, 0.3) is 33.0 Å². The van der Waals surface area contributed by atoms with Crippen LogP contribution in [0, 0.1) is 31.6 Å². The molecular weight excluding hydrogens is 352 g/mol. The van der Waals surface area contributed by atoms with Gasteiger partial charge < -0.3 is 0 Å². The van der Waals surface area contributed by atoms with Crippen LogP contribution in [0.3, 0.4) is 0 Å². The molecule has 0 unspecified atom stereocenters. The van der Waals surface area contributed by atoms with E-state index in [9.17, 15) is 4.79 Å². The first kappa shape index (κ1) is 17.9. The third-order valence-corrected chi connectivity index (χ3v) is 5.36. The highest BCUT2D eigenvalue weighted by Gasteiger charge is 2.29. The minimum absolute atomic E-state index is 0.0526. The number of hydrogen-bond acceptors (Lipinski definition) is 1. The number of Topliss-reactive ketones (excluding diaryl/α,β-unsaturated/α-hetero) is 1. The Kier molecular flexibility index (Phi) is 4.73. The van der Waals surface area contributed by atoms with Crippen LogP contribution in [0.1, 0.15) is 10.4 Å². The fourth-order valence-corrected chi connectivity index (χ4v) is 4.01. The first-order valence-electron chi connectivity index (χ1n) is 9.76. The van der Waals surface area contributed by atoms with Gasteiger partial charge in [0, 0.05) is 11.1 Å². The molecular formula is C28H19O. The van der Waals surface area contributed by atoms with Gasteiger partial charge in [-0.25, -0.2) is 0 Å². The normalized spacial score (nSPS) is 14.3. The predicted molar refractivity (Wildman–Crippen MR) is 120 cm³/mol. The van der Waals surface area contributed by atoms with Gasteiger partial charge in [-0.3, -0.25) is 4.79 Å². The Morgan fingerprint density at radius 1 is 0.586 bits per heavy atom. The summed E-state index contributed by atoms with van der Waals surface area (Å²) < 4.78 is 0. The number of carbonyl (C=O) groups excluding carboxylic acids is 1. The van der Waals surface area contributed by atoms with Crippen LogP contribution in [-0.2, 0) is 0 Å². The molecule has 1 aliphatic rings. The van der Waals surface area contributed by atoms with Crippen molar-refractivity contribution in [2.75, 3.05) is 0 Å². The number of fused-ring (bicyclic) bond motifs is 1. The molecule has 137 valence electrons. The van der Waals surface area contributed by atoms with Gasteiger partial charge in [0.15, 0.2) is 5.78 Å². The second-order valence-corrected chi connectivity index (χ2v) is 7.13. The van der Waals surface area contributed by atoms with Gasteiger partial charge >= 0.3 is 0 Å². The third kappa shape index (κ3) is 3.27. The van der Waals surface area contributed by atoms with Crippen LogP contribution < -0.4 is 0 Å². The van der Waals surface area contributed by atoms with Crippen LogP contribution in [0.4, 0.5) is 0 Å². The average Bonchev–Trinajstić information content (AvgIpc) is 3.34. The Balaban J connectivity index is 1.84.